The SMILES string of the molecule is CC(C)C(C)NC(=O)c1ccccc1S(=O)(=O)N1CCCCC1. The summed E-state index contributed by atoms with van der Waals surface area (Å²) in [5.74, 6) is -0.0489. The highest BCUT2D eigenvalue weighted by Gasteiger charge is 2.30. The predicted molar refractivity (Wildman–Crippen MR) is 90.8 cm³/mol. The molecule has 1 aliphatic heterocycles. The number of benzene rings is 1. The molecular formula is C17H26N2O3S. The van der Waals surface area contributed by atoms with E-state index in [2.05, 4.69) is 5.32 Å². The molecule has 23 heavy (non-hydrogen) atoms. The molecule has 2 rings (SSSR count). The highest BCUT2D eigenvalue weighted by molar-refractivity contribution is 7.89. The van der Waals surface area contributed by atoms with E-state index in [1.165, 1.54) is 10.4 Å². The summed E-state index contributed by atoms with van der Waals surface area (Å²) in [6.45, 7) is 7.01. The van der Waals surface area contributed by atoms with Crippen molar-refractivity contribution in [3.63, 3.8) is 0 Å². The maximum atomic E-state index is 12.9. The average Bonchev–Trinajstić information content (AvgIpc) is 2.55. The van der Waals surface area contributed by atoms with Crippen LogP contribution >= 0.6 is 0 Å². The van der Waals surface area contributed by atoms with Crippen LogP contribution in [0.3, 0.4) is 0 Å². The topological polar surface area (TPSA) is 66.5 Å². The number of hydrogen-bond donors (Lipinski definition) is 1. The third-order valence-corrected chi connectivity index (χ3v) is 6.38. The molecule has 5 nitrogen and oxygen atoms in total. The smallest absolute Gasteiger partial charge is 0.252 e. The van der Waals surface area contributed by atoms with Gasteiger partial charge in [-0.15, -0.1) is 0 Å². The number of nitrogens with one attached hydrogen (secondary N) is 1. The molecule has 1 saturated heterocycles. The van der Waals surface area contributed by atoms with Crippen LogP contribution in [0.2, 0.25) is 0 Å². The Bertz CT molecular complexity index is 650. The molecule has 0 radical (unpaired) electrons. The van der Waals surface area contributed by atoms with Crippen molar-refractivity contribution < 1.29 is 13.2 Å². The first kappa shape index (κ1) is 17.9. The molecule has 1 fully saturated rings. The van der Waals surface area contributed by atoms with Crippen LogP contribution in [0, 0.1) is 5.92 Å². The fourth-order valence-electron chi connectivity index (χ4n) is 2.57. The van der Waals surface area contributed by atoms with E-state index in [-0.39, 0.29) is 28.3 Å². The van der Waals surface area contributed by atoms with Crippen LogP contribution in [-0.2, 0) is 10.0 Å². The average molecular weight is 338 g/mol. The van der Waals surface area contributed by atoms with Gasteiger partial charge in [0.2, 0.25) is 10.0 Å². The van der Waals surface area contributed by atoms with Gasteiger partial charge < -0.3 is 5.32 Å². The number of amides is 1. The summed E-state index contributed by atoms with van der Waals surface area (Å²) in [5.41, 5.74) is 0.227. The van der Waals surface area contributed by atoms with Crippen molar-refractivity contribution in [3.8, 4) is 0 Å². The van der Waals surface area contributed by atoms with Crippen molar-refractivity contribution in [2.75, 3.05) is 13.1 Å². The molecule has 1 unspecified atom stereocenters. The van der Waals surface area contributed by atoms with Crippen LogP contribution in [0.15, 0.2) is 29.2 Å². The van der Waals surface area contributed by atoms with Crippen molar-refractivity contribution in [3.05, 3.63) is 29.8 Å². The molecule has 1 atom stereocenters. The Hall–Kier alpha value is -1.40. The Morgan fingerprint density at radius 3 is 2.30 bits per heavy atom. The largest absolute Gasteiger partial charge is 0.349 e. The van der Waals surface area contributed by atoms with E-state index in [0.29, 0.717) is 13.1 Å². The zero-order valence-corrected chi connectivity index (χ0v) is 14.9. The second-order valence-corrected chi connectivity index (χ2v) is 8.37. The summed E-state index contributed by atoms with van der Waals surface area (Å²) < 4.78 is 27.3. The minimum atomic E-state index is -3.62. The first-order valence-electron chi connectivity index (χ1n) is 8.24. The zero-order chi connectivity index (χ0) is 17.0. The van der Waals surface area contributed by atoms with E-state index in [1.54, 1.807) is 18.2 Å². The molecule has 0 bridgehead atoms. The van der Waals surface area contributed by atoms with Crippen molar-refractivity contribution in [1.29, 1.82) is 0 Å². The number of rotatable bonds is 5. The van der Waals surface area contributed by atoms with Crippen molar-refractivity contribution in [1.82, 2.24) is 9.62 Å². The Morgan fingerprint density at radius 1 is 1.09 bits per heavy atom. The lowest BCUT2D eigenvalue weighted by molar-refractivity contribution is 0.0927. The van der Waals surface area contributed by atoms with Crippen LogP contribution < -0.4 is 5.32 Å². The maximum absolute atomic E-state index is 12.9. The van der Waals surface area contributed by atoms with Gasteiger partial charge in [0.25, 0.3) is 5.91 Å². The van der Waals surface area contributed by atoms with E-state index < -0.39 is 10.0 Å². The van der Waals surface area contributed by atoms with Gasteiger partial charge >= 0.3 is 0 Å². The second kappa shape index (κ2) is 7.45. The highest BCUT2D eigenvalue weighted by atomic mass is 32.2. The van der Waals surface area contributed by atoms with Gasteiger partial charge in [0, 0.05) is 19.1 Å². The monoisotopic (exact) mass is 338 g/mol. The van der Waals surface area contributed by atoms with Crippen LogP contribution in [0.25, 0.3) is 0 Å². The fourth-order valence-corrected chi connectivity index (χ4v) is 4.28. The van der Waals surface area contributed by atoms with Crippen LogP contribution in [0.1, 0.15) is 50.4 Å². The van der Waals surface area contributed by atoms with Gasteiger partial charge in [-0.3, -0.25) is 4.79 Å². The number of hydrogen-bond acceptors (Lipinski definition) is 3. The van der Waals surface area contributed by atoms with Crippen LogP contribution in [-0.4, -0.2) is 37.8 Å². The van der Waals surface area contributed by atoms with E-state index in [9.17, 15) is 13.2 Å². The molecular weight excluding hydrogens is 312 g/mol. The Balaban J connectivity index is 2.31. The first-order chi connectivity index (χ1) is 10.8. The lowest BCUT2D eigenvalue weighted by atomic mass is 10.1. The molecule has 0 aromatic heterocycles. The molecule has 1 aromatic carbocycles. The normalized spacial score (nSPS) is 17.9. The Kier molecular flexibility index (Phi) is 5.81. The molecule has 1 heterocycles. The predicted octanol–water partition coefficient (Wildman–Crippen LogP) is 2.64. The first-order valence-corrected chi connectivity index (χ1v) is 9.68. The number of sulfonamides is 1. The van der Waals surface area contributed by atoms with E-state index >= 15 is 0 Å². The highest BCUT2D eigenvalue weighted by Crippen LogP contribution is 2.23. The van der Waals surface area contributed by atoms with Crippen molar-refractivity contribution >= 4 is 15.9 Å². The molecule has 1 aliphatic rings. The van der Waals surface area contributed by atoms with E-state index in [1.807, 2.05) is 20.8 Å². The summed E-state index contributed by atoms with van der Waals surface area (Å²) >= 11 is 0. The van der Waals surface area contributed by atoms with Crippen LogP contribution in [0.5, 0.6) is 0 Å². The minimum Gasteiger partial charge on any atom is -0.349 e. The third-order valence-electron chi connectivity index (χ3n) is 4.42. The molecule has 1 N–H and O–H groups in total. The van der Waals surface area contributed by atoms with Gasteiger partial charge in [0.05, 0.1) is 10.5 Å². The fraction of sp³-hybridized carbons (Fsp3) is 0.588. The van der Waals surface area contributed by atoms with Gasteiger partial charge in [0.1, 0.15) is 0 Å². The Labute approximate surface area is 139 Å². The molecule has 128 valence electrons. The summed E-state index contributed by atoms with van der Waals surface area (Å²) in [4.78, 5) is 12.6. The molecule has 0 spiro atoms. The maximum Gasteiger partial charge on any atom is 0.252 e. The third kappa shape index (κ3) is 4.12. The van der Waals surface area contributed by atoms with E-state index in [0.717, 1.165) is 19.3 Å². The summed E-state index contributed by atoms with van der Waals surface area (Å²) in [7, 11) is -3.62. The van der Waals surface area contributed by atoms with Gasteiger partial charge in [0.15, 0.2) is 0 Å². The summed E-state index contributed by atoms with van der Waals surface area (Å²) in [6, 6.07) is 6.45. The van der Waals surface area contributed by atoms with Crippen LogP contribution in [0.4, 0.5) is 0 Å². The van der Waals surface area contributed by atoms with Crippen molar-refractivity contribution in [2.24, 2.45) is 5.92 Å². The summed E-state index contributed by atoms with van der Waals surface area (Å²) in [5, 5.41) is 2.89. The number of carbonyl (C=O) groups excluding carboxylic acids is 1. The van der Waals surface area contributed by atoms with Crippen molar-refractivity contribution in [2.45, 2.75) is 51.0 Å². The van der Waals surface area contributed by atoms with Gasteiger partial charge in [-0.1, -0.05) is 32.4 Å². The Morgan fingerprint density at radius 2 is 1.70 bits per heavy atom. The molecule has 1 amide bonds. The standard InChI is InChI=1S/C17H26N2O3S/c1-13(2)14(3)18-17(20)15-9-5-6-10-16(15)23(21,22)19-11-7-4-8-12-19/h5-6,9-10,13-14H,4,7-8,11-12H2,1-3H3,(H,18,20). The lowest BCUT2D eigenvalue weighted by Crippen LogP contribution is -2.39. The zero-order valence-electron chi connectivity index (χ0n) is 14.1. The summed E-state index contributed by atoms with van der Waals surface area (Å²) in [6.07, 6.45) is 2.80. The second-order valence-electron chi connectivity index (χ2n) is 6.47. The van der Waals surface area contributed by atoms with Gasteiger partial charge in [-0.25, -0.2) is 8.42 Å². The number of piperidine rings is 1. The number of carbonyl (C=O) groups is 1. The van der Waals surface area contributed by atoms with E-state index in [4.69, 9.17) is 0 Å². The van der Waals surface area contributed by atoms with Gasteiger partial charge in [-0.2, -0.15) is 4.31 Å². The quantitative estimate of drug-likeness (QED) is 0.897. The molecule has 0 aliphatic carbocycles. The number of nitrogens with zero attached hydrogens (tertiary/aromatic N) is 1. The molecule has 6 heteroatoms. The minimum absolute atomic E-state index is 0.0201. The molecule has 0 saturated carbocycles. The van der Waals surface area contributed by atoms with Gasteiger partial charge in [-0.05, 0) is 37.8 Å². The molecule has 1 aromatic rings. The lowest BCUT2D eigenvalue weighted by Gasteiger charge is -2.27.